The molecule has 0 unspecified atom stereocenters. The number of hydrogen-bond donors (Lipinski definition) is 1. The summed E-state index contributed by atoms with van der Waals surface area (Å²) in [6, 6.07) is 14.1. The minimum Gasteiger partial charge on any atom is -0.321 e. The first-order valence-corrected chi connectivity index (χ1v) is 9.32. The number of unbranched alkanes of at least 4 members (excludes halogenated alkanes) is 1. The molecule has 2 aromatic carbocycles. The first-order chi connectivity index (χ1) is 14.2. The van der Waals surface area contributed by atoms with Crippen molar-refractivity contribution in [2.24, 2.45) is 0 Å². The zero-order valence-corrected chi connectivity index (χ0v) is 15.8. The van der Waals surface area contributed by atoms with Crippen molar-refractivity contribution in [2.45, 2.75) is 26.3 Å². The van der Waals surface area contributed by atoms with Crippen molar-refractivity contribution in [3.05, 3.63) is 70.9 Å². The first-order valence-electron chi connectivity index (χ1n) is 9.32. The largest absolute Gasteiger partial charge is 0.321 e. The minimum absolute atomic E-state index is 0.184. The molecule has 0 saturated heterocycles. The summed E-state index contributed by atoms with van der Waals surface area (Å²) in [6.07, 6.45) is 3.23. The Morgan fingerprint density at radius 2 is 1.83 bits per heavy atom. The van der Waals surface area contributed by atoms with Gasteiger partial charge in [-0.25, -0.2) is 9.36 Å². The number of rotatable bonds is 6. The average Bonchev–Trinajstić information content (AvgIpc) is 3.29. The molecule has 2 heterocycles. The van der Waals surface area contributed by atoms with Gasteiger partial charge in [-0.2, -0.15) is 5.10 Å². The third-order valence-electron chi connectivity index (χ3n) is 4.55. The third kappa shape index (κ3) is 3.75. The van der Waals surface area contributed by atoms with Crippen LogP contribution in [-0.4, -0.2) is 35.9 Å². The van der Waals surface area contributed by atoms with Gasteiger partial charge in [-0.05, 0) is 47.2 Å². The van der Waals surface area contributed by atoms with Gasteiger partial charge in [0.2, 0.25) is 0 Å². The van der Waals surface area contributed by atoms with Crippen molar-refractivity contribution in [2.75, 3.05) is 5.32 Å². The summed E-state index contributed by atoms with van der Waals surface area (Å²) in [4.78, 5) is 25.6. The second-order valence-corrected chi connectivity index (χ2v) is 6.53. The lowest BCUT2D eigenvalue weighted by molar-refractivity contribution is 0.102. The van der Waals surface area contributed by atoms with Crippen molar-refractivity contribution < 1.29 is 4.79 Å². The van der Waals surface area contributed by atoms with Gasteiger partial charge in [-0.3, -0.25) is 9.59 Å². The number of aryl methyl sites for hydroxylation is 1. The van der Waals surface area contributed by atoms with Crippen LogP contribution in [0.5, 0.6) is 0 Å². The van der Waals surface area contributed by atoms with Gasteiger partial charge in [0.1, 0.15) is 6.33 Å². The fraction of sp³-hybridized carbons (Fsp3) is 0.200. The number of nitrogens with one attached hydrogen (secondary N) is 1. The first kappa shape index (κ1) is 18.5. The number of anilines is 1. The smallest absolute Gasteiger partial charge is 0.276 e. The molecule has 9 heteroatoms. The van der Waals surface area contributed by atoms with E-state index in [0.29, 0.717) is 23.0 Å². The van der Waals surface area contributed by atoms with E-state index in [9.17, 15) is 9.59 Å². The van der Waals surface area contributed by atoms with Gasteiger partial charge in [0.25, 0.3) is 11.5 Å². The Labute approximate surface area is 166 Å². The topological polar surface area (TPSA) is 108 Å². The number of nitrogens with zero attached hydrogens (tertiary/aromatic N) is 6. The maximum absolute atomic E-state index is 13.0. The number of amides is 1. The van der Waals surface area contributed by atoms with E-state index in [2.05, 4.69) is 25.9 Å². The molecule has 0 aliphatic carbocycles. The van der Waals surface area contributed by atoms with E-state index < -0.39 is 0 Å². The highest BCUT2D eigenvalue weighted by Crippen LogP contribution is 2.17. The third-order valence-corrected chi connectivity index (χ3v) is 4.55. The molecule has 146 valence electrons. The molecule has 0 fully saturated rings. The predicted molar refractivity (Wildman–Crippen MR) is 108 cm³/mol. The Kier molecular flexibility index (Phi) is 5.10. The van der Waals surface area contributed by atoms with Crippen LogP contribution in [0.15, 0.2) is 59.7 Å². The van der Waals surface area contributed by atoms with Crippen molar-refractivity contribution >= 4 is 22.4 Å². The van der Waals surface area contributed by atoms with Crippen molar-refractivity contribution in [1.29, 1.82) is 0 Å². The highest BCUT2D eigenvalue weighted by molar-refractivity contribution is 6.11. The van der Waals surface area contributed by atoms with Crippen molar-refractivity contribution in [1.82, 2.24) is 30.0 Å². The molecule has 1 N–H and O–H groups in total. The van der Waals surface area contributed by atoms with Crippen LogP contribution in [0, 0.1) is 0 Å². The normalized spacial score (nSPS) is 10.9. The van der Waals surface area contributed by atoms with Crippen LogP contribution in [0.1, 0.15) is 30.3 Å². The van der Waals surface area contributed by atoms with Crippen LogP contribution in [0.4, 0.5) is 5.69 Å². The highest BCUT2D eigenvalue weighted by Gasteiger charge is 2.16. The van der Waals surface area contributed by atoms with E-state index in [-0.39, 0.29) is 17.2 Å². The molecular formula is C20H19N7O2. The highest BCUT2D eigenvalue weighted by atomic mass is 16.2. The van der Waals surface area contributed by atoms with Gasteiger partial charge >= 0.3 is 0 Å². The van der Waals surface area contributed by atoms with Crippen molar-refractivity contribution in [3.8, 4) is 5.69 Å². The SMILES string of the molecule is CCCCn1nc(C(=O)Nc2ccc(-n3cnnn3)cc2)c2ccccc2c1=O. The monoisotopic (exact) mass is 389 g/mol. The zero-order valence-electron chi connectivity index (χ0n) is 15.8. The number of carbonyl (C=O) groups excluding carboxylic acids is 1. The van der Waals surface area contributed by atoms with Crippen LogP contribution in [0.3, 0.4) is 0 Å². The summed E-state index contributed by atoms with van der Waals surface area (Å²) >= 11 is 0. The lowest BCUT2D eigenvalue weighted by Gasteiger charge is -2.11. The number of carbonyl (C=O) groups is 1. The molecular weight excluding hydrogens is 370 g/mol. The standard InChI is InChI=1S/C20H19N7O2/c1-2-3-12-26-20(29)17-7-5-4-6-16(17)18(23-26)19(28)22-14-8-10-15(11-9-14)27-13-21-24-25-27/h4-11,13H,2-3,12H2,1H3,(H,22,28). The lowest BCUT2D eigenvalue weighted by atomic mass is 10.1. The van der Waals surface area contributed by atoms with Crippen molar-refractivity contribution in [3.63, 3.8) is 0 Å². The zero-order chi connectivity index (χ0) is 20.2. The summed E-state index contributed by atoms with van der Waals surface area (Å²) in [7, 11) is 0. The summed E-state index contributed by atoms with van der Waals surface area (Å²) in [5.41, 5.74) is 1.41. The summed E-state index contributed by atoms with van der Waals surface area (Å²) in [5.74, 6) is -0.373. The van der Waals surface area contributed by atoms with Gasteiger partial charge in [-0.1, -0.05) is 31.5 Å². The van der Waals surface area contributed by atoms with Gasteiger partial charge < -0.3 is 5.32 Å². The van der Waals surface area contributed by atoms with Gasteiger partial charge in [0, 0.05) is 17.6 Å². The molecule has 0 spiro atoms. The summed E-state index contributed by atoms with van der Waals surface area (Å²) < 4.78 is 2.89. The number of fused-ring (bicyclic) bond motifs is 1. The Morgan fingerprint density at radius 3 is 2.52 bits per heavy atom. The Balaban J connectivity index is 1.66. The van der Waals surface area contributed by atoms with Crippen LogP contribution in [-0.2, 0) is 6.54 Å². The molecule has 9 nitrogen and oxygen atoms in total. The number of hydrogen-bond acceptors (Lipinski definition) is 6. The summed E-state index contributed by atoms with van der Waals surface area (Å²) in [5, 5.41) is 19.3. The molecule has 0 saturated carbocycles. The molecule has 4 aromatic rings. The van der Waals surface area contributed by atoms with E-state index in [1.54, 1.807) is 48.5 Å². The minimum atomic E-state index is -0.373. The van der Waals surface area contributed by atoms with E-state index in [1.807, 2.05) is 6.92 Å². The van der Waals surface area contributed by atoms with Gasteiger partial charge in [-0.15, -0.1) is 5.10 Å². The van der Waals surface area contributed by atoms with Crippen LogP contribution < -0.4 is 10.9 Å². The molecule has 4 rings (SSSR count). The van der Waals surface area contributed by atoms with Gasteiger partial charge in [0.15, 0.2) is 5.69 Å². The van der Waals surface area contributed by atoms with Crippen LogP contribution >= 0.6 is 0 Å². The average molecular weight is 389 g/mol. The van der Waals surface area contributed by atoms with Crippen LogP contribution in [0.25, 0.3) is 16.5 Å². The number of benzene rings is 2. The predicted octanol–water partition coefficient (Wildman–Crippen LogP) is 2.42. The van der Waals surface area contributed by atoms with Crippen LogP contribution in [0.2, 0.25) is 0 Å². The molecule has 2 aromatic heterocycles. The van der Waals surface area contributed by atoms with E-state index in [0.717, 1.165) is 18.5 Å². The fourth-order valence-electron chi connectivity index (χ4n) is 3.03. The van der Waals surface area contributed by atoms with E-state index >= 15 is 0 Å². The summed E-state index contributed by atoms with van der Waals surface area (Å²) in [6.45, 7) is 2.51. The molecule has 0 radical (unpaired) electrons. The second kappa shape index (κ2) is 8.01. The molecule has 29 heavy (non-hydrogen) atoms. The Bertz CT molecular complexity index is 1200. The Hall–Kier alpha value is -3.88. The second-order valence-electron chi connectivity index (χ2n) is 6.53. The maximum Gasteiger partial charge on any atom is 0.276 e. The van der Waals surface area contributed by atoms with Gasteiger partial charge in [0.05, 0.1) is 11.1 Å². The number of tetrazole rings is 1. The van der Waals surface area contributed by atoms with E-state index in [1.165, 1.54) is 15.7 Å². The molecule has 0 aliphatic heterocycles. The lowest BCUT2D eigenvalue weighted by Crippen LogP contribution is -2.27. The maximum atomic E-state index is 13.0. The number of aromatic nitrogens is 6. The quantitative estimate of drug-likeness (QED) is 0.543. The molecule has 1 amide bonds. The molecule has 0 aliphatic rings. The molecule has 0 bridgehead atoms. The van der Waals surface area contributed by atoms with E-state index in [4.69, 9.17) is 0 Å². The molecule has 0 atom stereocenters. The Morgan fingerprint density at radius 1 is 1.07 bits per heavy atom. The fourth-order valence-corrected chi connectivity index (χ4v) is 3.03.